The molecule has 1 unspecified atom stereocenters. The van der Waals surface area contributed by atoms with Crippen LogP contribution in [-0.4, -0.2) is 31.0 Å². The van der Waals surface area contributed by atoms with E-state index in [2.05, 4.69) is 28.1 Å². The van der Waals surface area contributed by atoms with Crippen LogP contribution in [0.3, 0.4) is 0 Å². The SMILES string of the molecule is COc1ccc(C2CCN(C(=O)c3cc4cccc(Br)c4o3)C2)cc1. The molecule has 3 aromatic rings. The van der Waals surface area contributed by atoms with Gasteiger partial charge >= 0.3 is 0 Å². The summed E-state index contributed by atoms with van der Waals surface area (Å²) >= 11 is 3.47. The van der Waals surface area contributed by atoms with E-state index in [4.69, 9.17) is 9.15 Å². The van der Waals surface area contributed by atoms with Crippen LogP contribution in [0.4, 0.5) is 0 Å². The monoisotopic (exact) mass is 399 g/mol. The van der Waals surface area contributed by atoms with Gasteiger partial charge in [-0.3, -0.25) is 4.79 Å². The van der Waals surface area contributed by atoms with Crippen molar-refractivity contribution in [1.82, 2.24) is 4.90 Å². The van der Waals surface area contributed by atoms with Crippen LogP contribution < -0.4 is 4.74 Å². The Morgan fingerprint density at radius 2 is 2.04 bits per heavy atom. The van der Waals surface area contributed by atoms with E-state index in [9.17, 15) is 4.79 Å². The van der Waals surface area contributed by atoms with Crippen molar-refractivity contribution in [3.05, 3.63) is 64.3 Å². The Kier molecular flexibility index (Phi) is 4.25. The van der Waals surface area contributed by atoms with Gasteiger partial charge in [-0.1, -0.05) is 24.3 Å². The van der Waals surface area contributed by atoms with Crippen LogP contribution in [0.25, 0.3) is 11.0 Å². The van der Waals surface area contributed by atoms with E-state index in [1.54, 1.807) is 7.11 Å². The molecule has 1 amide bonds. The summed E-state index contributed by atoms with van der Waals surface area (Å²) in [6, 6.07) is 15.7. The number of ether oxygens (including phenoxy) is 1. The molecule has 5 heteroatoms. The first-order chi connectivity index (χ1) is 12.2. The van der Waals surface area contributed by atoms with Crippen LogP contribution in [0, 0.1) is 0 Å². The Bertz CT molecular complexity index is 916. The van der Waals surface area contributed by atoms with Crippen LogP contribution in [-0.2, 0) is 0 Å². The van der Waals surface area contributed by atoms with Gasteiger partial charge in [0.2, 0.25) is 0 Å². The fraction of sp³-hybridized carbons (Fsp3) is 0.250. The van der Waals surface area contributed by atoms with Crippen LogP contribution in [0.2, 0.25) is 0 Å². The zero-order valence-electron chi connectivity index (χ0n) is 13.9. The normalized spacial score (nSPS) is 17.2. The van der Waals surface area contributed by atoms with E-state index in [1.807, 2.05) is 41.3 Å². The van der Waals surface area contributed by atoms with Crippen molar-refractivity contribution in [3.63, 3.8) is 0 Å². The molecule has 0 radical (unpaired) electrons. The number of hydrogen-bond donors (Lipinski definition) is 0. The summed E-state index contributed by atoms with van der Waals surface area (Å²) < 4.78 is 11.9. The van der Waals surface area contributed by atoms with E-state index in [-0.39, 0.29) is 5.91 Å². The molecule has 1 aliphatic rings. The molecule has 0 aliphatic carbocycles. The van der Waals surface area contributed by atoms with Crippen molar-refractivity contribution < 1.29 is 13.9 Å². The molecule has 0 bridgehead atoms. The highest BCUT2D eigenvalue weighted by Crippen LogP contribution is 2.31. The third-order valence-electron chi connectivity index (χ3n) is 4.77. The minimum atomic E-state index is -0.0425. The van der Waals surface area contributed by atoms with Crippen LogP contribution >= 0.6 is 15.9 Å². The standard InChI is InChI=1S/C20H18BrNO3/c1-24-16-7-5-13(6-8-16)15-9-10-22(12-15)20(23)18-11-14-3-2-4-17(21)19(14)25-18/h2-8,11,15H,9-10,12H2,1H3. The van der Waals surface area contributed by atoms with Crippen molar-refractivity contribution in [3.8, 4) is 5.75 Å². The number of likely N-dealkylation sites (tertiary alicyclic amines) is 1. The molecule has 4 rings (SSSR count). The second-order valence-corrected chi connectivity index (χ2v) is 7.13. The number of fused-ring (bicyclic) bond motifs is 1. The second-order valence-electron chi connectivity index (χ2n) is 6.28. The summed E-state index contributed by atoms with van der Waals surface area (Å²) in [6.07, 6.45) is 0.960. The number of hydrogen-bond acceptors (Lipinski definition) is 3. The maximum Gasteiger partial charge on any atom is 0.289 e. The third-order valence-corrected chi connectivity index (χ3v) is 5.39. The molecule has 128 valence electrons. The maximum atomic E-state index is 12.8. The molecule has 1 atom stereocenters. The summed E-state index contributed by atoms with van der Waals surface area (Å²) in [5, 5.41) is 0.934. The lowest BCUT2D eigenvalue weighted by Crippen LogP contribution is -2.28. The fourth-order valence-electron chi connectivity index (χ4n) is 3.38. The lowest BCUT2D eigenvalue weighted by molar-refractivity contribution is 0.0761. The van der Waals surface area contributed by atoms with Gasteiger partial charge in [-0.2, -0.15) is 0 Å². The Morgan fingerprint density at radius 3 is 2.76 bits per heavy atom. The van der Waals surface area contributed by atoms with Crippen LogP contribution in [0.5, 0.6) is 5.75 Å². The average molecular weight is 400 g/mol. The molecule has 1 saturated heterocycles. The highest BCUT2D eigenvalue weighted by molar-refractivity contribution is 9.10. The molecule has 0 N–H and O–H groups in total. The number of benzene rings is 2. The molecular formula is C20H18BrNO3. The molecule has 1 aliphatic heterocycles. The van der Waals surface area contributed by atoms with Gasteiger partial charge in [-0.05, 0) is 52.2 Å². The summed E-state index contributed by atoms with van der Waals surface area (Å²) in [5.74, 6) is 1.56. The molecule has 2 heterocycles. The topological polar surface area (TPSA) is 42.7 Å². The van der Waals surface area contributed by atoms with E-state index in [0.29, 0.717) is 18.2 Å². The number of furan rings is 1. The Morgan fingerprint density at radius 1 is 1.24 bits per heavy atom. The van der Waals surface area contributed by atoms with Gasteiger partial charge in [0.15, 0.2) is 5.76 Å². The Hall–Kier alpha value is -2.27. The van der Waals surface area contributed by atoms with E-state index < -0.39 is 0 Å². The summed E-state index contributed by atoms with van der Waals surface area (Å²) in [5.41, 5.74) is 1.96. The predicted octanol–water partition coefficient (Wildman–Crippen LogP) is 4.83. The quantitative estimate of drug-likeness (QED) is 0.632. The van der Waals surface area contributed by atoms with Crippen LogP contribution in [0.1, 0.15) is 28.5 Å². The number of carbonyl (C=O) groups excluding carboxylic acids is 1. The fourth-order valence-corrected chi connectivity index (χ4v) is 3.84. The molecule has 0 saturated carbocycles. The first kappa shape index (κ1) is 16.2. The van der Waals surface area contributed by atoms with Crippen molar-refractivity contribution in [1.29, 1.82) is 0 Å². The number of methoxy groups -OCH3 is 1. The van der Waals surface area contributed by atoms with Crippen molar-refractivity contribution >= 4 is 32.8 Å². The maximum absolute atomic E-state index is 12.8. The predicted molar refractivity (Wildman–Crippen MR) is 100 cm³/mol. The third kappa shape index (κ3) is 3.04. The van der Waals surface area contributed by atoms with Crippen molar-refractivity contribution in [2.45, 2.75) is 12.3 Å². The average Bonchev–Trinajstić information content (AvgIpc) is 3.29. The van der Waals surface area contributed by atoms with Gasteiger partial charge in [0, 0.05) is 24.4 Å². The van der Waals surface area contributed by atoms with Gasteiger partial charge in [-0.25, -0.2) is 0 Å². The molecule has 0 spiro atoms. The number of amides is 1. The number of carbonyl (C=O) groups is 1. The van der Waals surface area contributed by atoms with Crippen molar-refractivity contribution in [2.75, 3.05) is 20.2 Å². The Balaban J connectivity index is 1.52. The van der Waals surface area contributed by atoms with Gasteiger partial charge in [0.05, 0.1) is 11.6 Å². The van der Waals surface area contributed by atoms with Crippen LogP contribution in [0.15, 0.2) is 57.4 Å². The molecule has 1 aromatic heterocycles. The highest BCUT2D eigenvalue weighted by atomic mass is 79.9. The second kappa shape index (κ2) is 6.56. The molecular weight excluding hydrogens is 382 g/mol. The summed E-state index contributed by atoms with van der Waals surface area (Å²) in [7, 11) is 1.66. The Labute approximate surface area is 154 Å². The minimum absolute atomic E-state index is 0.0425. The number of nitrogens with zero attached hydrogens (tertiary/aromatic N) is 1. The first-order valence-electron chi connectivity index (χ1n) is 8.27. The van der Waals surface area contributed by atoms with Gasteiger partial charge < -0.3 is 14.1 Å². The van der Waals surface area contributed by atoms with Gasteiger partial charge in [0.25, 0.3) is 5.91 Å². The van der Waals surface area contributed by atoms with E-state index in [1.165, 1.54) is 5.56 Å². The van der Waals surface area contributed by atoms with Crippen molar-refractivity contribution in [2.24, 2.45) is 0 Å². The smallest absolute Gasteiger partial charge is 0.289 e. The molecule has 1 fully saturated rings. The first-order valence-corrected chi connectivity index (χ1v) is 9.06. The summed E-state index contributed by atoms with van der Waals surface area (Å²) in [4.78, 5) is 14.7. The van der Waals surface area contributed by atoms with E-state index >= 15 is 0 Å². The summed E-state index contributed by atoms with van der Waals surface area (Å²) in [6.45, 7) is 1.46. The zero-order chi connectivity index (χ0) is 17.4. The minimum Gasteiger partial charge on any atom is -0.497 e. The van der Waals surface area contributed by atoms with Gasteiger partial charge in [-0.15, -0.1) is 0 Å². The number of rotatable bonds is 3. The molecule has 2 aromatic carbocycles. The molecule has 25 heavy (non-hydrogen) atoms. The van der Waals surface area contributed by atoms with E-state index in [0.717, 1.165) is 34.2 Å². The number of halogens is 1. The largest absolute Gasteiger partial charge is 0.497 e. The lowest BCUT2D eigenvalue weighted by atomic mass is 9.98. The number of para-hydroxylation sites is 1. The zero-order valence-corrected chi connectivity index (χ0v) is 15.5. The molecule has 4 nitrogen and oxygen atoms in total. The van der Waals surface area contributed by atoms with Gasteiger partial charge in [0.1, 0.15) is 11.3 Å². The highest BCUT2D eigenvalue weighted by Gasteiger charge is 2.29. The lowest BCUT2D eigenvalue weighted by Gasteiger charge is -2.15.